The van der Waals surface area contributed by atoms with E-state index in [1.807, 2.05) is 24.4 Å². The van der Waals surface area contributed by atoms with E-state index in [9.17, 15) is 14.0 Å². The van der Waals surface area contributed by atoms with Crippen molar-refractivity contribution in [2.24, 2.45) is 0 Å². The van der Waals surface area contributed by atoms with E-state index in [0.717, 1.165) is 10.4 Å². The summed E-state index contributed by atoms with van der Waals surface area (Å²) in [5, 5.41) is 7.43. The Bertz CT molecular complexity index is 958. The standard InChI is InChI=1S/C22H21FN2O3S/c1-2-28-18-7-4-3-6-17(18)22(27)24-14-20(26)25-21(19-8-5-13-29-19)15-9-11-16(23)12-10-15/h3-13,21H,2,14H2,1H3,(H,24,27)(H,25,26). The number of carbonyl (C=O) groups is 2. The molecule has 1 heterocycles. The Morgan fingerprint density at radius 1 is 1.07 bits per heavy atom. The van der Waals surface area contributed by atoms with Gasteiger partial charge in [-0.2, -0.15) is 0 Å². The predicted octanol–water partition coefficient (Wildman–Crippen LogP) is 3.92. The average molecular weight is 412 g/mol. The van der Waals surface area contributed by atoms with Crippen molar-refractivity contribution in [1.82, 2.24) is 10.6 Å². The highest BCUT2D eigenvalue weighted by atomic mass is 32.1. The monoisotopic (exact) mass is 412 g/mol. The lowest BCUT2D eigenvalue weighted by molar-refractivity contribution is -0.120. The highest BCUT2D eigenvalue weighted by Crippen LogP contribution is 2.26. The lowest BCUT2D eigenvalue weighted by atomic mass is 10.1. The number of nitrogens with one attached hydrogen (secondary N) is 2. The Kier molecular flexibility index (Phi) is 6.97. The van der Waals surface area contributed by atoms with Crippen LogP contribution in [0.1, 0.15) is 33.8 Å². The summed E-state index contributed by atoms with van der Waals surface area (Å²) in [6.45, 7) is 2.08. The maximum atomic E-state index is 13.3. The van der Waals surface area contributed by atoms with Crippen LogP contribution < -0.4 is 15.4 Å². The fourth-order valence-electron chi connectivity index (χ4n) is 2.83. The average Bonchev–Trinajstić information content (AvgIpc) is 3.26. The SMILES string of the molecule is CCOc1ccccc1C(=O)NCC(=O)NC(c1ccc(F)cc1)c1cccs1. The first kappa shape index (κ1) is 20.5. The van der Waals surface area contributed by atoms with Gasteiger partial charge >= 0.3 is 0 Å². The quantitative estimate of drug-likeness (QED) is 0.589. The highest BCUT2D eigenvalue weighted by Gasteiger charge is 2.19. The zero-order valence-electron chi connectivity index (χ0n) is 15.9. The normalized spacial score (nSPS) is 11.5. The zero-order valence-corrected chi connectivity index (χ0v) is 16.7. The fraction of sp³-hybridized carbons (Fsp3) is 0.182. The molecule has 0 saturated heterocycles. The third kappa shape index (κ3) is 5.42. The first-order valence-electron chi connectivity index (χ1n) is 9.16. The van der Waals surface area contributed by atoms with Crippen molar-refractivity contribution in [2.75, 3.05) is 13.2 Å². The molecule has 1 aromatic heterocycles. The van der Waals surface area contributed by atoms with Gasteiger partial charge in [-0.1, -0.05) is 30.3 Å². The van der Waals surface area contributed by atoms with Crippen LogP contribution in [0.25, 0.3) is 0 Å². The Morgan fingerprint density at radius 3 is 2.52 bits per heavy atom. The molecule has 3 rings (SSSR count). The minimum Gasteiger partial charge on any atom is -0.493 e. The number of para-hydroxylation sites is 1. The number of rotatable bonds is 8. The third-order valence-corrected chi connectivity index (χ3v) is 5.11. The van der Waals surface area contributed by atoms with E-state index in [1.54, 1.807) is 36.4 Å². The number of hydrogen-bond donors (Lipinski definition) is 2. The molecule has 0 aliphatic rings. The molecule has 2 amide bonds. The summed E-state index contributed by atoms with van der Waals surface area (Å²) in [7, 11) is 0. The van der Waals surface area contributed by atoms with Crippen molar-refractivity contribution < 1.29 is 18.7 Å². The van der Waals surface area contributed by atoms with E-state index < -0.39 is 11.9 Å². The first-order chi connectivity index (χ1) is 14.1. The molecule has 5 nitrogen and oxygen atoms in total. The minimum absolute atomic E-state index is 0.192. The van der Waals surface area contributed by atoms with Gasteiger partial charge in [-0.25, -0.2) is 4.39 Å². The smallest absolute Gasteiger partial charge is 0.255 e. The molecule has 7 heteroatoms. The van der Waals surface area contributed by atoms with Crippen LogP contribution in [-0.2, 0) is 4.79 Å². The van der Waals surface area contributed by atoms with Crippen LogP contribution in [0.2, 0.25) is 0 Å². The van der Waals surface area contributed by atoms with Gasteiger partial charge in [0, 0.05) is 4.88 Å². The van der Waals surface area contributed by atoms with Crippen LogP contribution >= 0.6 is 11.3 Å². The van der Waals surface area contributed by atoms with E-state index in [1.165, 1.54) is 23.5 Å². The number of ether oxygens (including phenoxy) is 1. The molecular weight excluding hydrogens is 391 g/mol. The summed E-state index contributed by atoms with van der Waals surface area (Å²) in [5.41, 5.74) is 1.13. The summed E-state index contributed by atoms with van der Waals surface area (Å²) < 4.78 is 18.7. The van der Waals surface area contributed by atoms with E-state index in [-0.39, 0.29) is 18.3 Å². The van der Waals surface area contributed by atoms with E-state index >= 15 is 0 Å². The summed E-state index contributed by atoms with van der Waals surface area (Å²) in [4.78, 5) is 25.9. The predicted molar refractivity (Wildman–Crippen MR) is 111 cm³/mol. The van der Waals surface area contributed by atoms with Crippen LogP contribution in [0.3, 0.4) is 0 Å². The second-order valence-corrected chi connectivity index (χ2v) is 7.16. The third-order valence-electron chi connectivity index (χ3n) is 4.18. The molecule has 0 aliphatic heterocycles. The van der Waals surface area contributed by atoms with Crippen LogP contribution in [0.4, 0.5) is 4.39 Å². The molecule has 29 heavy (non-hydrogen) atoms. The molecule has 150 valence electrons. The molecule has 2 N–H and O–H groups in total. The second-order valence-electron chi connectivity index (χ2n) is 6.18. The summed E-state index contributed by atoms with van der Waals surface area (Å²) in [5.74, 6) is -0.616. The van der Waals surface area contributed by atoms with Crippen LogP contribution in [-0.4, -0.2) is 25.0 Å². The van der Waals surface area contributed by atoms with Crippen LogP contribution in [0, 0.1) is 5.82 Å². The lowest BCUT2D eigenvalue weighted by Crippen LogP contribution is -2.39. The van der Waals surface area contributed by atoms with Crippen molar-refractivity contribution >= 4 is 23.2 Å². The number of thiophene rings is 1. The molecule has 1 unspecified atom stereocenters. The van der Waals surface area contributed by atoms with E-state index in [4.69, 9.17) is 4.74 Å². The number of halogens is 1. The first-order valence-corrected chi connectivity index (χ1v) is 10.0. The minimum atomic E-state index is -0.421. The number of hydrogen-bond acceptors (Lipinski definition) is 4. The van der Waals surface area contributed by atoms with Crippen molar-refractivity contribution in [3.63, 3.8) is 0 Å². The van der Waals surface area contributed by atoms with Gasteiger partial charge in [-0.05, 0) is 48.2 Å². The van der Waals surface area contributed by atoms with Gasteiger partial charge in [0.15, 0.2) is 0 Å². The number of carbonyl (C=O) groups excluding carboxylic acids is 2. The van der Waals surface area contributed by atoms with Gasteiger partial charge in [0.25, 0.3) is 5.91 Å². The van der Waals surface area contributed by atoms with Crippen molar-refractivity contribution in [3.05, 3.63) is 87.9 Å². The van der Waals surface area contributed by atoms with Gasteiger partial charge < -0.3 is 15.4 Å². The Labute approximate surface area is 172 Å². The van der Waals surface area contributed by atoms with Gasteiger partial charge in [0.1, 0.15) is 11.6 Å². The maximum absolute atomic E-state index is 13.3. The lowest BCUT2D eigenvalue weighted by Gasteiger charge is -2.18. The topological polar surface area (TPSA) is 67.4 Å². The van der Waals surface area contributed by atoms with Gasteiger partial charge in [0.2, 0.25) is 5.91 Å². The molecule has 0 radical (unpaired) electrons. The van der Waals surface area contributed by atoms with Gasteiger partial charge in [0.05, 0.1) is 24.8 Å². The molecule has 0 spiro atoms. The molecule has 0 aliphatic carbocycles. The number of amides is 2. The second kappa shape index (κ2) is 9.84. The molecular formula is C22H21FN2O3S. The Morgan fingerprint density at radius 2 is 1.83 bits per heavy atom. The summed E-state index contributed by atoms with van der Waals surface area (Å²) in [6, 6.07) is 16.2. The highest BCUT2D eigenvalue weighted by molar-refractivity contribution is 7.10. The van der Waals surface area contributed by atoms with Crippen LogP contribution in [0.5, 0.6) is 5.75 Å². The maximum Gasteiger partial charge on any atom is 0.255 e. The van der Waals surface area contributed by atoms with E-state index in [0.29, 0.717) is 17.9 Å². The van der Waals surface area contributed by atoms with Crippen molar-refractivity contribution in [3.8, 4) is 5.75 Å². The molecule has 0 fully saturated rings. The molecule has 0 bridgehead atoms. The molecule has 0 saturated carbocycles. The van der Waals surface area contributed by atoms with Crippen molar-refractivity contribution in [2.45, 2.75) is 13.0 Å². The van der Waals surface area contributed by atoms with Crippen LogP contribution in [0.15, 0.2) is 66.0 Å². The van der Waals surface area contributed by atoms with Crippen molar-refractivity contribution in [1.29, 1.82) is 0 Å². The largest absolute Gasteiger partial charge is 0.493 e. The van der Waals surface area contributed by atoms with Gasteiger partial charge in [-0.3, -0.25) is 9.59 Å². The molecule has 1 atom stereocenters. The van der Waals surface area contributed by atoms with Gasteiger partial charge in [-0.15, -0.1) is 11.3 Å². The summed E-state index contributed by atoms with van der Waals surface area (Å²) >= 11 is 1.49. The Balaban J connectivity index is 1.66. The molecule has 2 aromatic carbocycles. The number of benzene rings is 2. The zero-order chi connectivity index (χ0) is 20.6. The Hall–Kier alpha value is -3.19. The summed E-state index contributed by atoms with van der Waals surface area (Å²) in [6.07, 6.45) is 0. The molecule has 3 aromatic rings. The van der Waals surface area contributed by atoms with E-state index in [2.05, 4.69) is 10.6 Å². The fourth-order valence-corrected chi connectivity index (χ4v) is 3.64.